The number of aromatic nitrogens is 2. The van der Waals surface area contributed by atoms with Gasteiger partial charge in [-0.25, -0.2) is 4.98 Å². The van der Waals surface area contributed by atoms with Gasteiger partial charge in [0.15, 0.2) is 5.75 Å². The standard InChI is InChI=1S/C31H27N7O2/c32-17-20-18-33-15-14-23(30-35-25-12-6-7-13-26(25)36-30)27(20)37-38-28-22-11-5-4-8-19(22)16-24(29(28)39)31(40)34-21-9-2-1-3-10-21/h1-2,4-9,11-13,16,18,20,23,38-39H,3,10,14-15H2,(H,34,40)(H,35,36)/b37-27-. The summed E-state index contributed by atoms with van der Waals surface area (Å²) in [7, 11) is 0. The fourth-order valence-corrected chi connectivity index (χ4v) is 5.15. The highest BCUT2D eigenvalue weighted by Crippen LogP contribution is 2.37. The first-order chi connectivity index (χ1) is 19.6. The molecule has 1 aliphatic carbocycles. The van der Waals surface area contributed by atoms with E-state index >= 15 is 0 Å². The average Bonchev–Trinajstić information content (AvgIpc) is 3.31. The van der Waals surface area contributed by atoms with Gasteiger partial charge in [0.2, 0.25) is 0 Å². The minimum absolute atomic E-state index is 0.130. The third-order valence-corrected chi connectivity index (χ3v) is 7.21. The number of fused-ring (bicyclic) bond motifs is 2. The van der Waals surface area contributed by atoms with Gasteiger partial charge in [-0.3, -0.25) is 15.2 Å². The first kappa shape index (κ1) is 25.1. The van der Waals surface area contributed by atoms with Crippen LogP contribution < -0.4 is 10.7 Å². The molecular weight excluding hydrogens is 502 g/mol. The normalized spacial score (nSPS) is 19.8. The maximum atomic E-state index is 13.2. The van der Waals surface area contributed by atoms with Gasteiger partial charge in [-0.2, -0.15) is 10.4 Å². The number of imidazole rings is 1. The number of rotatable bonds is 5. The molecule has 6 rings (SSSR count). The van der Waals surface area contributed by atoms with Crippen molar-refractivity contribution in [3.63, 3.8) is 0 Å². The van der Waals surface area contributed by atoms with E-state index in [2.05, 4.69) is 26.8 Å². The number of H-pyrrole nitrogens is 1. The number of hydrazone groups is 1. The third-order valence-electron chi connectivity index (χ3n) is 7.21. The highest BCUT2D eigenvalue weighted by atomic mass is 16.3. The number of carbonyl (C=O) groups excluding carboxylic acids is 1. The molecule has 0 saturated carbocycles. The van der Waals surface area contributed by atoms with Crippen LogP contribution in [0.3, 0.4) is 0 Å². The predicted molar refractivity (Wildman–Crippen MR) is 157 cm³/mol. The molecule has 2 atom stereocenters. The number of aliphatic imine (C=N–C) groups is 1. The second-order valence-corrected chi connectivity index (χ2v) is 9.77. The maximum absolute atomic E-state index is 13.2. The monoisotopic (exact) mass is 529 g/mol. The van der Waals surface area contributed by atoms with Gasteiger partial charge in [0.1, 0.15) is 17.4 Å². The fourth-order valence-electron chi connectivity index (χ4n) is 5.15. The quantitative estimate of drug-likeness (QED) is 0.198. The van der Waals surface area contributed by atoms with Gasteiger partial charge in [0, 0.05) is 23.8 Å². The van der Waals surface area contributed by atoms with Crippen LogP contribution in [-0.4, -0.2) is 39.5 Å². The number of nitrogens with one attached hydrogen (secondary N) is 3. The Kier molecular flexibility index (Phi) is 6.81. The average molecular weight is 530 g/mol. The molecule has 0 radical (unpaired) electrons. The molecule has 1 aliphatic heterocycles. The lowest BCUT2D eigenvalue weighted by Crippen LogP contribution is -2.24. The Hall–Kier alpha value is -5.23. The summed E-state index contributed by atoms with van der Waals surface area (Å²) in [6.45, 7) is 0.522. The lowest BCUT2D eigenvalue weighted by molar-refractivity contribution is 0.0962. The summed E-state index contributed by atoms with van der Waals surface area (Å²) in [4.78, 5) is 25.8. The molecule has 40 heavy (non-hydrogen) atoms. The number of benzene rings is 3. The van der Waals surface area contributed by atoms with E-state index < -0.39 is 11.8 Å². The van der Waals surface area contributed by atoms with E-state index in [1.165, 1.54) is 0 Å². The van der Waals surface area contributed by atoms with E-state index in [4.69, 9.17) is 10.1 Å². The Morgan fingerprint density at radius 2 is 2.02 bits per heavy atom. The lowest BCUT2D eigenvalue weighted by Gasteiger charge is -2.18. The summed E-state index contributed by atoms with van der Waals surface area (Å²) in [5.74, 6) is -0.928. The summed E-state index contributed by atoms with van der Waals surface area (Å²) in [6.07, 6.45) is 9.58. The molecule has 2 unspecified atom stereocenters. The minimum atomic E-state index is -0.695. The molecule has 0 bridgehead atoms. The van der Waals surface area contributed by atoms with Crippen molar-refractivity contribution in [2.75, 3.05) is 12.0 Å². The SMILES string of the molecule is N#CC1C=NCCC(c2nc3ccccc3[nH]2)/C1=N\Nc1c(O)c(C(=O)NC2=CC=CCC2)cc2ccccc12. The number of anilines is 1. The van der Waals surface area contributed by atoms with Crippen molar-refractivity contribution in [3.8, 4) is 11.8 Å². The van der Waals surface area contributed by atoms with Crippen molar-refractivity contribution in [2.24, 2.45) is 16.0 Å². The smallest absolute Gasteiger partial charge is 0.259 e. The Morgan fingerprint density at radius 3 is 2.85 bits per heavy atom. The molecule has 9 nitrogen and oxygen atoms in total. The molecule has 1 amide bonds. The fraction of sp³-hybridized carbons (Fsp3) is 0.194. The number of hydrogen-bond acceptors (Lipinski definition) is 7. The second-order valence-electron chi connectivity index (χ2n) is 9.77. The number of nitrogens with zero attached hydrogens (tertiary/aromatic N) is 4. The van der Waals surface area contributed by atoms with Crippen LogP contribution in [0.4, 0.5) is 5.69 Å². The van der Waals surface area contributed by atoms with Crippen molar-refractivity contribution in [3.05, 3.63) is 89.9 Å². The van der Waals surface area contributed by atoms with Gasteiger partial charge < -0.3 is 15.4 Å². The summed E-state index contributed by atoms with van der Waals surface area (Å²) >= 11 is 0. The molecule has 4 aromatic rings. The Labute approximate surface area is 230 Å². The third kappa shape index (κ3) is 4.83. The zero-order chi connectivity index (χ0) is 27.5. The van der Waals surface area contributed by atoms with Crippen LogP contribution in [0.25, 0.3) is 21.8 Å². The first-order valence-corrected chi connectivity index (χ1v) is 13.2. The van der Waals surface area contributed by atoms with Crippen molar-refractivity contribution < 1.29 is 9.90 Å². The van der Waals surface area contributed by atoms with Crippen molar-refractivity contribution in [1.82, 2.24) is 15.3 Å². The minimum Gasteiger partial charge on any atom is -0.505 e. The van der Waals surface area contributed by atoms with Crippen LogP contribution in [0.2, 0.25) is 0 Å². The van der Waals surface area contributed by atoms with E-state index in [1.54, 1.807) is 12.3 Å². The number of nitriles is 1. The van der Waals surface area contributed by atoms with Gasteiger partial charge in [-0.05, 0) is 48.9 Å². The summed E-state index contributed by atoms with van der Waals surface area (Å²) in [5.41, 5.74) is 6.49. The zero-order valence-electron chi connectivity index (χ0n) is 21.6. The molecule has 0 spiro atoms. The van der Waals surface area contributed by atoms with Crippen molar-refractivity contribution in [1.29, 1.82) is 5.26 Å². The number of para-hydroxylation sites is 2. The number of phenols is 1. The van der Waals surface area contributed by atoms with Crippen LogP contribution in [0.1, 0.15) is 41.4 Å². The number of amides is 1. The van der Waals surface area contributed by atoms with Gasteiger partial charge >= 0.3 is 0 Å². The molecule has 4 N–H and O–H groups in total. The summed E-state index contributed by atoms with van der Waals surface area (Å²) < 4.78 is 0. The predicted octanol–water partition coefficient (Wildman–Crippen LogP) is 5.55. The molecule has 9 heteroatoms. The second kappa shape index (κ2) is 10.9. The topological polar surface area (TPSA) is 139 Å². The van der Waals surface area contributed by atoms with E-state index in [9.17, 15) is 15.2 Å². The van der Waals surface area contributed by atoms with Crippen LogP contribution in [0.5, 0.6) is 5.75 Å². The van der Waals surface area contributed by atoms with Gasteiger partial charge in [-0.15, -0.1) is 0 Å². The Morgan fingerprint density at radius 1 is 1.18 bits per heavy atom. The molecular formula is C31H27N7O2. The number of allylic oxidation sites excluding steroid dienone is 4. The van der Waals surface area contributed by atoms with Crippen LogP contribution in [0.15, 0.2) is 88.6 Å². The zero-order valence-corrected chi connectivity index (χ0v) is 21.6. The van der Waals surface area contributed by atoms with Gasteiger partial charge in [-0.1, -0.05) is 48.6 Å². The summed E-state index contributed by atoms with van der Waals surface area (Å²) in [6, 6.07) is 19.2. The van der Waals surface area contributed by atoms with Crippen LogP contribution in [0, 0.1) is 17.2 Å². The molecule has 198 valence electrons. The van der Waals surface area contributed by atoms with Crippen molar-refractivity contribution in [2.45, 2.75) is 25.2 Å². The van der Waals surface area contributed by atoms with E-state index in [0.29, 0.717) is 29.9 Å². The number of phenolic OH excluding ortho intramolecular Hbond substituents is 1. The van der Waals surface area contributed by atoms with E-state index in [-0.39, 0.29) is 22.9 Å². The van der Waals surface area contributed by atoms with Crippen LogP contribution >= 0.6 is 0 Å². The highest BCUT2D eigenvalue weighted by Gasteiger charge is 2.30. The van der Waals surface area contributed by atoms with E-state index in [0.717, 1.165) is 35.0 Å². The largest absolute Gasteiger partial charge is 0.505 e. The molecule has 0 fully saturated rings. The molecule has 3 aromatic carbocycles. The maximum Gasteiger partial charge on any atom is 0.259 e. The number of aromatic amines is 1. The molecule has 2 heterocycles. The van der Waals surface area contributed by atoms with E-state index in [1.807, 2.05) is 66.8 Å². The van der Waals surface area contributed by atoms with Crippen molar-refractivity contribution >= 4 is 45.3 Å². The number of hydrogen-bond donors (Lipinski definition) is 4. The number of carbonyl (C=O) groups is 1. The Balaban J connectivity index is 1.41. The lowest BCUT2D eigenvalue weighted by atomic mass is 9.91. The number of aromatic hydroxyl groups is 1. The highest BCUT2D eigenvalue weighted by molar-refractivity contribution is 6.09. The van der Waals surface area contributed by atoms with Gasteiger partial charge in [0.25, 0.3) is 5.91 Å². The first-order valence-electron chi connectivity index (χ1n) is 13.2. The van der Waals surface area contributed by atoms with Gasteiger partial charge in [0.05, 0.1) is 34.3 Å². The Bertz CT molecular complexity index is 1740. The molecule has 0 saturated heterocycles. The molecule has 2 aliphatic rings. The molecule has 1 aromatic heterocycles. The van der Waals surface area contributed by atoms with Crippen LogP contribution in [-0.2, 0) is 0 Å². The summed E-state index contributed by atoms with van der Waals surface area (Å²) in [5, 5.41) is 30.4.